The van der Waals surface area contributed by atoms with Crippen LogP contribution in [0.1, 0.15) is 31.0 Å². The molecule has 2 aromatic rings. The van der Waals surface area contributed by atoms with Gasteiger partial charge in [0.15, 0.2) is 0 Å². The van der Waals surface area contributed by atoms with Gasteiger partial charge < -0.3 is 5.32 Å². The van der Waals surface area contributed by atoms with Crippen LogP contribution >= 0.6 is 0 Å². The minimum Gasteiger partial charge on any atom is -0.340 e. The minimum atomic E-state index is -0.538. The van der Waals surface area contributed by atoms with Crippen molar-refractivity contribution >= 4 is 11.5 Å². The molecule has 0 aliphatic rings. The first kappa shape index (κ1) is 12.8. The molecule has 1 heterocycles. The summed E-state index contributed by atoms with van der Waals surface area (Å²) in [6.07, 6.45) is 0. The third-order valence-corrected chi connectivity index (χ3v) is 2.71. The van der Waals surface area contributed by atoms with Crippen molar-refractivity contribution in [2.24, 2.45) is 0 Å². The number of H-pyrrole nitrogens is 1. The summed E-state index contributed by atoms with van der Waals surface area (Å²) in [6, 6.07) is 11.2. The molecule has 0 radical (unpaired) electrons. The zero-order valence-corrected chi connectivity index (χ0v) is 10.8. The molecular weight excluding hydrogens is 240 g/mol. The molecule has 0 bridgehead atoms. The first-order valence-corrected chi connectivity index (χ1v) is 5.97. The van der Waals surface area contributed by atoms with E-state index in [1.165, 1.54) is 6.07 Å². The van der Waals surface area contributed by atoms with Gasteiger partial charge in [0.25, 0.3) is 0 Å². The number of hydrogen-bond donors (Lipinski definition) is 2. The summed E-state index contributed by atoms with van der Waals surface area (Å²) in [5.74, 6) is 0.717. The molecule has 0 aliphatic carbocycles. The van der Waals surface area contributed by atoms with Crippen molar-refractivity contribution in [3.63, 3.8) is 0 Å². The van der Waals surface area contributed by atoms with Crippen LogP contribution in [-0.2, 0) is 0 Å². The van der Waals surface area contributed by atoms with Gasteiger partial charge in [-0.25, -0.2) is 4.79 Å². The highest BCUT2D eigenvalue weighted by Crippen LogP contribution is 2.25. The van der Waals surface area contributed by atoms with Crippen LogP contribution in [0.2, 0.25) is 0 Å². The number of nitriles is 1. The molecule has 96 valence electrons. The highest BCUT2D eigenvalue weighted by molar-refractivity contribution is 5.61. The highest BCUT2D eigenvalue weighted by Gasteiger charge is 2.07. The summed E-state index contributed by atoms with van der Waals surface area (Å²) in [5, 5.41) is 11.9. The Morgan fingerprint density at radius 2 is 2.11 bits per heavy atom. The molecule has 0 fully saturated rings. The third kappa shape index (κ3) is 2.99. The highest BCUT2D eigenvalue weighted by atomic mass is 16.1. The second-order valence-electron chi connectivity index (χ2n) is 4.46. The van der Waals surface area contributed by atoms with E-state index in [0.29, 0.717) is 11.7 Å². The van der Waals surface area contributed by atoms with Gasteiger partial charge in [-0.2, -0.15) is 10.2 Å². The van der Waals surface area contributed by atoms with Crippen LogP contribution in [0.15, 0.2) is 35.1 Å². The van der Waals surface area contributed by atoms with Gasteiger partial charge in [-0.05, 0) is 17.5 Å². The number of para-hydroxylation sites is 1. The van der Waals surface area contributed by atoms with Gasteiger partial charge in [-0.1, -0.05) is 32.0 Å². The van der Waals surface area contributed by atoms with Crippen LogP contribution in [0, 0.1) is 11.3 Å². The third-order valence-electron chi connectivity index (χ3n) is 2.71. The van der Waals surface area contributed by atoms with Crippen molar-refractivity contribution in [3.05, 3.63) is 52.1 Å². The van der Waals surface area contributed by atoms with Gasteiger partial charge in [-0.3, -0.25) is 4.98 Å². The normalized spacial score (nSPS) is 10.2. The lowest BCUT2D eigenvalue weighted by Crippen LogP contribution is -2.13. The lowest BCUT2D eigenvalue weighted by molar-refractivity contribution is 0.868. The van der Waals surface area contributed by atoms with Crippen LogP contribution < -0.4 is 11.0 Å². The Balaban J connectivity index is 2.39. The van der Waals surface area contributed by atoms with E-state index in [2.05, 4.69) is 29.1 Å². The van der Waals surface area contributed by atoms with Gasteiger partial charge in [0.05, 0.1) is 0 Å². The molecule has 1 aromatic heterocycles. The van der Waals surface area contributed by atoms with Gasteiger partial charge in [-0.15, -0.1) is 0 Å². The van der Waals surface area contributed by atoms with Crippen molar-refractivity contribution in [2.75, 3.05) is 5.32 Å². The average molecular weight is 254 g/mol. The Bertz CT molecular complexity index is 682. The molecular formula is C14H14N4O. The molecule has 1 aromatic carbocycles. The fraction of sp³-hybridized carbons (Fsp3) is 0.214. The van der Waals surface area contributed by atoms with Crippen LogP contribution in [0.5, 0.6) is 0 Å². The number of benzene rings is 1. The fourth-order valence-corrected chi connectivity index (χ4v) is 1.83. The number of aromatic amines is 1. The van der Waals surface area contributed by atoms with Crippen molar-refractivity contribution in [1.29, 1.82) is 5.26 Å². The standard InChI is InChI=1S/C14H14N4O/c1-9(2)11-5-3-4-6-12(11)17-13-7-10(8-15)16-14(19)18-13/h3-7,9H,1-2H3,(H2,16,17,18,19). The lowest BCUT2D eigenvalue weighted by Gasteiger charge is -2.13. The van der Waals surface area contributed by atoms with E-state index in [1.54, 1.807) is 0 Å². The summed E-state index contributed by atoms with van der Waals surface area (Å²) in [5.41, 5.74) is 1.66. The number of aromatic nitrogens is 2. The van der Waals surface area contributed by atoms with Crippen molar-refractivity contribution in [1.82, 2.24) is 9.97 Å². The molecule has 0 unspecified atom stereocenters. The van der Waals surface area contributed by atoms with Crippen molar-refractivity contribution in [2.45, 2.75) is 19.8 Å². The Labute approximate surface area is 110 Å². The largest absolute Gasteiger partial charge is 0.347 e. The SMILES string of the molecule is CC(C)c1ccccc1Nc1cc(C#N)[nH]c(=O)n1. The van der Waals surface area contributed by atoms with Gasteiger partial charge in [0, 0.05) is 11.8 Å². The summed E-state index contributed by atoms with van der Waals surface area (Å²) in [6.45, 7) is 4.18. The Kier molecular flexibility index (Phi) is 3.62. The molecule has 0 aliphatic heterocycles. The number of hydrogen-bond acceptors (Lipinski definition) is 4. The smallest absolute Gasteiger partial charge is 0.340 e. The van der Waals surface area contributed by atoms with Crippen molar-refractivity contribution < 1.29 is 0 Å². The second-order valence-corrected chi connectivity index (χ2v) is 4.46. The maximum absolute atomic E-state index is 11.3. The Hall–Kier alpha value is -2.61. The summed E-state index contributed by atoms with van der Waals surface area (Å²) < 4.78 is 0. The van der Waals surface area contributed by atoms with Gasteiger partial charge >= 0.3 is 5.69 Å². The quantitative estimate of drug-likeness (QED) is 0.881. The molecule has 19 heavy (non-hydrogen) atoms. The first-order chi connectivity index (χ1) is 9.10. The van der Waals surface area contributed by atoms with E-state index in [9.17, 15) is 4.79 Å². The maximum atomic E-state index is 11.3. The molecule has 2 rings (SSSR count). The monoisotopic (exact) mass is 254 g/mol. The van der Waals surface area contributed by atoms with E-state index in [4.69, 9.17) is 5.26 Å². The number of anilines is 2. The molecule has 0 spiro atoms. The van der Waals surface area contributed by atoms with E-state index in [-0.39, 0.29) is 5.69 Å². The first-order valence-electron chi connectivity index (χ1n) is 5.97. The summed E-state index contributed by atoms with van der Waals surface area (Å²) in [4.78, 5) is 17.5. The molecule has 0 saturated carbocycles. The average Bonchev–Trinajstić information content (AvgIpc) is 2.38. The molecule has 0 saturated heterocycles. The van der Waals surface area contributed by atoms with E-state index < -0.39 is 5.69 Å². The van der Waals surface area contributed by atoms with E-state index >= 15 is 0 Å². The Morgan fingerprint density at radius 1 is 1.37 bits per heavy atom. The molecule has 0 atom stereocenters. The molecule has 5 nitrogen and oxygen atoms in total. The van der Waals surface area contributed by atoms with Crippen molar-refractivity contribution in [3.8, 4) is 6.07 Å². The van der Waals surface area contributed by atoms with E-state index in [1.807, 2.05) is 30.3 Å². The van der Waals surface area contributed by atoms with E-state index in [0.717, 1.165) is 11.3 Å². The zero-order valence-electron chi connectivity index (χ0n) is 10.8. The predicted molar refractivity (Wildman–Crippen MR) is 73.4 cm³/mol. The predicted octanol–water partition coefficient (Wildman–Crippen LogP) is 2.51. The zero-order chi connectivity index (χ0) is 13.8. The fourth-order valence-electron chi connectivity index (χ4n) is 1.83. The van der Waals surface area contributed by atoms with Crippen LogP contribution in [0.3, 0.4) is 0 Å². The number of rotatable bonds is 3. The molecule has 5 heteroatoms. The van der Waals surface area contributed by atoms with Gasteiger partial charge in [0.1, 0.15) is 17.6 Å². The minimum absolute atomic E-state index is 0.185. The topological polar surface area (TPSA) is 81.6 Å². The van der Waals surface area contributed by atoms with Crippen LogP contribution in [0.25, 0.3) is 0 Å². The van der Waals surface area contributed by atoms with Crippen LogP contribution in [-0.4, -0.2) is 9.97 Å². The number of nitrogens with zero attached hydrogens (tertiary/aromatic N) is 2. The number of nitrogens with one attached hydrogen (secondary N) is 2. The molecule has 0 amide bonds. The summed E-state index contributed by atoms with van der Waals surface area (Å²) in [7, 11) is 0. The lowest BCUT2D eigenvalue weighted by atomic mass is 10.0. The van der Waals surface area contributed by atoms with Crippen LogP contribution in [0.4, 0.5) is 11.5 Å². The summed E-state index contributed by atoms with van der Waals surface area (Å²) >= 11 is 0. The Morgan fingerprint density at radius 3 is 2.79 bits per heavy atom. The second kappa shape index (κ2) is 5.36. The van der Waals surface area contributed by atoms with Gasteiger partial charge in [0.2, 0.25) is 0 Å². The maximum Gasteiger partial charge on any atom is 0.347 e. The molecule has 2 N–H and O–H groups in total.